The zero-order valence-electron chi connectivity index (χ0n) is 15.3. The number of hydrogen-bond donors (Lipinski definition) is 0. The van der Waals surface area contributed by atoms with Gasteiger partial charge in [-0.2, -0.15) is 0 Å². The lowest BCUT2D eigenvalue weighted by atomic mass is 10.0. The van der Waals surface area contributed by atoms with E-state index < -0.39 is 0 Å². The summed E-state index contributed by atoms with van der Waals surface area (Å²) < 4.78 is 5.70. The molecule has 0 unspecified atom stereocenters. The van der Waals surface area contributed by atoms with Crippen molar-refractivity contribution in [3.8, 4) is 0 Å². The summed E-state index contributed by atoms with van der Waals surface area (Å²) >= 11 is 0. The highest BCUT2D eigenvalue weighted by Gasteiger charge is 2.31. The predicted molar refractivity (Wildman–Crippen MR) is 103 cm³/mol. The van der Waals surface area contributed by atoms with Crippen LogP contribution in [0.5, 0.6) is 0 Å². The van der Waals surface area contributed by atoms with Gasteiger partial charge >= 0.3 is 0 Å². The number of carbonyl (C=O) groups excluding carboxylic acids is 1. The van der Waals surface area contributed by atoms with Crippen molar-refractivity contribution in [3.05, 3.63) is 47.7 Å². The van der Waals surface area contributed by atoms with Gasteiger partial charge in [-0.15, -0.1) is 0 Å². The Kier molecular flexibility index (Phi) is 4.49. The molecule has 3 rings (SSSR count). The van der Waals surface area contributed by atoms with Crippen molar-refractivity contribution >= 4 is 34.5 Å². The molecule has 5 nitrogen and oxygen atoms in total. The fraction of sp³-hybridized carbons (Fsp3) is 0.300. The fourth-order valence-corrected chi connectivity index (χ4v) is 2.85. The quantitative estimate of drug-likeness (QED) is 0.805. The van der Waals surface area contributed by atoms with Crippen LogP contribution in [0.15, 0.2) is 47.1 Å². The van der Waals surface area contributed by atoms with E-state index in [4.69, 9.17) is 4.74 Å². The van der Waals surface area contributed by atoms with E-state index in [1.807, 2.05) is 46.1 Å². The lowest BCUT2D eigenvalue weighted by Gasteiger charge is -2.16. The van der Waals surface area contributed by atoms with E-state index in [0.29, 0.717) is 11.8 Å². The van der Waals surface area contributed by atoms with Gasteiger partial charge in [-0.05, 0) is 36.9 Å². The molecule has 0 spiro atoms. The van der Waals surface area contributed by atoms with Crippen molar-refractivity contribution in [1.82, 2.24) is 4.90 Å². The Hall–Kier alpha value is -2.82. The van der Waals surface area contributed by atoms with Crippen molar-refractivity contribution < 1.29 is 9.53 Å². The van der Waals surface area contributed by atoms with Crippen LogP contribution in [-0.4, -0.2) is 44.0 Å². The van der Waals surface area contributed by atoms with Crippen LogP contribution in [0.3, 0.4) is 0 Å². The van der Waals surface area contributed by atoms with Crippen LogP contribution in [0.1, 0.15) is 19.4 Å². The zero-order valence-corrected chi connectivity index (χ0v) is 15.3. The predicted octanol–water partition coefficient (Wildman–Crippen LogP) is 3.50. The zero-order chi connectivity index (χ0) is 18.1. The molecule has 0 aromatic heterocycles. The third-order valence-electron chi connectivity index (χ3n) is 4.08. The number of amidine groups is 1. The minimum atomic E-state index is -0.180. The Balaban J connectivity index is 2.08. The van der Waals surface area contributed by atoms with Gasteiger partial charge in [-0.25, -0.2) is 4.99 Å². The molecule has 0 saturated carbocycles. The van der Waals surface area contributed by atoms with E-state index in [1.54, 1.807) is 13.1 Å². The topological polar surface area (TPSA) is 45.1 Å². The average molecular weight is 337 g/mol. The van der Waals surface area contributed by atoms with E-state index in [9.17, 15) is 4.79 Å². The number of rotatable bonds is 3. The van der Waals surface area contributed by atoms with Gasteiger partial charge in [0.15, 0.2) is 5.76 Å². The molecular formula is C20H23N3O2. The number of ether oxygens (including phenoxy) is 1. The highest BCUT2D eigenvalue weighted by Crippen LogP contribution is 2.30. The first kappa shape index (κ1) is 17.0. The van der Waals surface area contributed by atoms with Crippen LogP contribution in [0.2, 0.25) is 0 Å². The van der Waals surface area contributed by atoms with Crippen molar-refractivity contribution in [2.45, 2.75) is 19.9 Å². The minimum absolute atomic E-state index is 0.0600. The van der Waals surface area contributed by atoms with Gasteiger partial charge in [0, 0.05) is 38.3 Å². The number of likely N-dealkylation sites (N-methyl/N-ethyl adjacent to an activating group) is 1. The van der Waals surface area contributed by atoms with Crippen molar-refractivity contribution in [2.24, 2.45) is 4.99 Å². The van der Waals surface area contributed by atoms with Gasteiger partial charge in [0.05, 0.1) is 0 Å². The second-order valence-electron chi connectivity index (χ2n) is 6.59. The average Bonchev–Trinajstić information content (AvgIpc) is 2.82. The highest BCUT2D eigenvalue weighted by atomic mass is 16.5. The molecule has 25 heavy (non-hydrogen) atoms. The van der Waals surface area contributed by atoms with Crippen LogP contribution in [-0.2, 0) is 9.53 Å². The molecule has 1 aliphatic heterocycles. The Morgan fingerprint density at radius 1 is 1.12 bits per heavy atom. The number of hydrogen-bond acceptors (Lipinski definition) is 4. The maximum Gasteiger partial charge on any atom is 0.300 e. The fourth-order valence-electron chi connectivity index (χ4n) is 2.85. The van der Waals surface area contributed by atoms with E-state index in [0.717, 1.165) is 22.0 Å². The third kappa shape index (κ3) is 3.22. The van der Waals surface area contributed by atoms with Gasteiger partial charge in [0.25, 0.3) is 11.9 Å². The Bertz CT molecular complexity index is 882. The van der Waals surface area contributed by atoms with Crippen LogP contribution >= 0.6 is 0 Å². The van der Waals surface area contributed by atoms with Gasteiger partial charge < -0.3 is 9.64 Å². The Morgan fingerprint density at radius 2 is 1.80 bits per heavy atom. The lowest BCUT2D eigenvalue weighted by molar-refractivity contribution is -0.122. The summed E-state index contributed by atoms with van der Waals surface area (Å²) in [7, 11) is 5.72. The first-order chi connectivity index (χ1) is 11.9. The number of amides is 1. The van der Waals surface area contributed by atoms with Gasteiger partial charge in [0.1, 0.15) is 0 Å². The molecule has 1 saturated heterocycles. The maximum absolute atomic E-state index is 12.5. The van der Waals surface area contributed by atoms with E-state index in [1.165, 1.54) is 4.90 Å². The molecular weight excluding hydrogens is 314 g/mol. The standard InChI is InChI=1S/C20H23N3O2/c1-13(2)21-20-23(5)19(24)18(25-20)12-14-10-11-17(22(3)4)16-9-7-6-8-15(14)16/h6-13H,1-5H3. The summed E-state index contributed by atoms with van der Waals surface area (Å²) in [5.74, 6) is 0.116. The van der Waals surface area contributed by atoms with Crippen molar-refractivity contribution in [3.63, 3.8) is 0 Å². The first-order valence-electron chi connectivity index (χ1n) is 8.33. The number of nitrogens with zero attached hydrogens (tertiary/aromatic N) is 3. The molecule has 2 aromatic rings. The summed E-state index contributed by atoms with van der Waals surface area (Å²) in [6.45, 7) is 3.90. The van der Waals surface area contributed by atoms with Crippen LogP contribution < -0.4 is 4.90 Å². The monoisotopic (exact) mass is 337 g/mol. The van der Waals surface area contributed by atoms with Crippen LogP contribution in [0, 0.1) is 0 Å². The smallest absolute Gasteiger partial charge is 0.300 e. The van der Waals surface area contributed by atoms with E-state index in [2.05, 4.69) is 28.1 Å². The molecule has 5 heteroatoms. The number of aliphatic imine (C=N–C) groups is 1. The van der Waals surface area contributed by atoms with Gasteiger partial charge in [-0.3, -0.25) is 9.69 Å². The molecule has 1 fully saturated rings. The van der Waals surface area contributed by atoms with Crippen LogP contribution in [0.4, 0.5) is 5.69 Å². The second-order valence-corrected chi connectivity index (χ2v) is 6.59. The van der Waals surface area contributed by atoms with Crippen LogP contribution in [0.25, 0.3) is 16.8 Å². The van der Waals surface area contributed by atoms with Gasteiger partial charge in [-0.1, -0.05) is 30.3 Å². The summed E-state index contributed by atoms with van der Waals surface area (Å²) in [5, 5.41) is 2.21. The van der Waals surface area contributed by atoms with Crippen molar-refractivity contribution in [2.75, 3.05) is 26.0 Å². The maximum atomic E-state index is 12.5. The number of fused-ring (bicyclic) bond motifs is 1. The van der Waals surface area contributed by atoms with Crippen molar-refractivity contribution in [1.29, 1.82) is 0 Å². The SMILES string of the molecule is CC(C)N=C1OC(=Cc2ccc(N(C)C)c3ccccc23)C(=O)N1C. The second kappa shape index (κ2) is 6.59. The largest absolute Gasteiger partial charge is 0.420 e. The Morgan fingerprint density at radius 3 is 2.44 bits per heavy atom. The minimum Gasteiger partial charge on any atom is -0.420 e. The summed E-state index contributed by atoms with van der Waals surface area (Å²) in [6.07, 6.45) is 1.80. The molecule has 1 heterocycles. The Labute approximate surface area is 148 Å². The summed E-state index contributed by atoms with van der Waals surface area (Å²) in [5.41, 5.74) is 2.08. The molecule has 2 aromatic carbocycles. The summed E-state index contributed by atoms with van der Waals surface area (Å²) in [4.78, 5) is 20.3. The molecule has 1 amide bonds. The molecule has 0 radical (unpaired) electrons. The third-order valence-corrected chi connectivity index (χ3v) is 4.08. The molecule has 0 atom stereocenters. The molecule has 0 aliphatic carbocycles. The number of benzene rings is 2. The molecule has 1 aliphatic rings. The number of carbonyl (C=O) groups is 1. The number of anilines is 1. The molecule has 0 N–H and O–H groups in total. The highest BCUT2D eigenvalue weighted by molar-refractivity contribution is 6.12. The molecule has 0 bridgehead atoms. The summed E-state index contributed by atoms with van der Waals surface area (Å²) in [6, 6.07) is 12.6. The first-order valence-corrected chi connectivity index (χ1v) is 8.33. The van der Waals surface area contributed by atoms with E-state index in [-0.39, 0.29) is 11.9 Å². The normalized spacial score (nSPS) is 17.8. The molecule has 130 valence electrons. The van der Waals surface area contributed by atoms with E-state index >= 15 is 0 Å². The van der Waals surface area contributed by atoms with Gasteiger partial charge in [0.2, 0.25) is 0 Å². The lowest BCUT2D eigenvalue weighted by Crippen LogP contribution is -2.25.